The smallest absolute Gasteiger partial charge is 0.240 e. The second-order valence-corrected chi connectivity index (χ2v) is 9.86. The summed E-state index contributed by atoms with van der Waals surface area (Å²) in [7, 11) is -3.71. The van der Waals surface area contributed by atoms with Crippen LogP contribution < -0.4 is 14.9 Å². The number of sulfonamides is 1. The van der Waals surface area contributed by atoms with Gasteiger partial charge >= 0.3 is 0 Å². The van der Waals surface area contributed by atoms with Crippen molar-refractivity contribution >= 4 is 27.5 Å². The Kier molecular flexibility index (Phi) is 7.31. The average Bonchev–Trinajstić information content (AvgIpc) is 3.03. The number of benzene rings is 1. The number of rotatable bonds is 8. The van der Waals surface area contributed by atoms with Crippen molar-refractivity contribution in [2.24, 2.45) is 0 Å². The van der Waals surface area contributed by atoms with Crippen molar-refractivity contribution in [3.63, 3.8) is 0 Å². The van der Waals surface area contributed by atoms with Gasteiger partial charge in [0.1, 0.15) is 0 Å². The standard InChI is InChI=1S/C22H31N3O4S/c1-16-14-19-15-20(8-9-21(19)25(16)17(2)26)30(28,29)24-13-11-22(27)23-12-10-18-6-4-3-5-7-18/h6,8-9,15-16,24H,3-5,7,10-14H2,1-2H3,(H,23,27). The topological polar surface area (TPSA) is 95.6 Å². The quantitative estimate of drug-likeness (QED) is 0.616. The van der Waals surface area contributed by atoms with E-state index in [1.807, 2.05) is 6.92 Å². The van der Waals surface area contributed by atoms with E-state index < -0.39 is 10.0 Å². The van der Waals surface area contributed by atoms with Crippen molar-refractivity contribution in [3.05, 3.63) is 35.4 Å². The summed E-state index contributed by atoms with van der Waals surface area (Å²) in [6.45, 7) is 4.09. The van der Waals surface area contributed by atoms with Crippen molar-refractivity contribution in [3.8, 4) is 0 Å². The number of carbonyl (C=O) groups excluding carboxylic acids is 2. The highest BCUT2D eigenvalue weighted by molar-refractivity contribution is 7.89. The number of anilines is 1. The highest BCUT2D eigenvalue weighted by Crippen LogP contribution is 2.33. The number of amides is 2. The molecule has 0 radical (unpaired) electrons. The van der Waals surface area contributed by atoms with E-state index in [4.69, 9.17) is 0 Å². The van der Waals surface area contributed by atoms with Crippen LogP contribution in [-0.4, -0.2) is 39.4 Å². The number of hydrogen-bond donors (Lipinski definition) is 2. The minimum atomic E-state index is -3.71. The molecule has 164 valence electrons. The van der Waals surface area contributed by atoms with Crippen molar-refractivity contribution in [2.75, 3.05) is 18.0 Å². The number of carbonyl (C=O) groups is 2. The molecule has 0 saturated carbocycles. The highest BCUT2D eigenvalue weighted by Gasteiger charge is 2.30. The molecule has 8 heteroatoms. The van der Waals surface area contributed by atoms with Crippen LogP contribution in [0.25, 0.3) is 0 Å². The molecule has 1 aliphatic heterocycles. The van der Waals surface area contributed by atoms with Crippen LogP contribution in [0.3, 0.4) is 0 Å². The van der Waals surface area contributed by atoms with E-state index in [0.717, 1.165) is 30.5 Å². The predicted octanol–water partition coefficient (Wildman–Crippen LogP) is 2.66. The lowest BCUT2D eigenvalue weighted by Gasteiger charge is -2.20. The first-order valence-electron chi connectivity index (χ1n) is 10.6. The van der Waals surface area contributed by atoms with Gasteiger partial charge in [0.25, 0.3) is 0 Å². The Hall–Kier alpha value is -2.19. The molecule has 1 atom stereocenters. The Labute approximate surface area is 179 Å². The monoisotopic (exact) mass is 433 g/mol. The molecule has 0 aromatic heterocycles. The van der Waals surface area contributed by atoms with Gasteiger partial charge in [-0.15, -0.1) is 0 Å². The second-order valence-electron chi connectivity index (χ2n) is 8.09. The number of nitrogens with one attached hydrogen (secondary N) is 2. The van der Waals surface area contributed by atoms with E-state index in [2.05, 4.69) is 16.1 Å². The van der Waals surface area contributed by atoms with Gasteiger partial charge in [-0.3, -0.25) is 9.59 Å². The zero-order chi connectivity index (χ0) is 21.7. The zero-order valence-corrected chi connectivity index (χ0v) is 18.6. The van der Waals surface area contributed by atoms with E-state index >= 15 is 0 Å². The Morgan fingerprint density at radius 2 is 2.00 bits per heavy atom. The molecule has 0 fully saturated rings. The van der Waals surface area contributed by atoms with Gasteiger partial charge in [-0.2, -0.15) is 0 Å². The molecule has 2 amide bonds. The third-order valence-electron chi connectivity index (χ3n) is 5.71. The lowest BCUT2D eigenvalue weighted by atomic mass is 9.97. The van der Waals surface area contributed by atoms with Crippen LogP contribution >= 0.6 is 0 Å². The second kappa shape index (κ2) is 9.75. The van der Waals surface area contributed by atoms with Gasteiger partial charge in [0.15, 0.2) is 0 Å². The lowest BCUT2D eigenvalue weighted by Crippen LogP contribution is -2.33. The van der Waals surface area contributed by atoms with E-state index in [9.17, 15) is 18.0 Å². The third-order valence-corrected chi connectivity index (χ3v) is 7.17. The average molecular weight is 434 g/mol. The molecule has 1 aromatic carbocycles. The van der Waals surface area contributed by atoms with Crippen LogP contribution in [-0.2, 0) is 26.0 Å². The molecule has 7 nitrogen and oxygen atoms in total. The van der Waals surface area contributed by atoms with Gasteiger partial charge in [0.2, 0.25) is 21.8 Å². The Balaban J connectivity index is 1.48. The molecule has 1 aliphatic carbocycles. The predicted molar refractivity (Wildman–Crippen MR) is 117 cm³/mol. The fraction of sp³-hybridized carbons (Fsp3) is 0.545. The molecular formula is C22H31N3O4S. The Bertz CT molecular complexity index is 940. The van der Waals surface area contributed by atoms with E-state index in [-0.39, 0.29) is 35.7 Å². The SMILES string of the molecule is CC(=O)N1c2ccc(S(=O)(=O)NCCC(=O)NCCC3=CCCCC3)cc2CC1C. The Morgan fingerprint density at radius 1 is 1.20 bits per heavy atom. The van der Waals surface area contributed by atoms with E-state index in [1.54, 1.807) is 17.0 Å². The largest absolute Gasteiger partial charge is 0.356 e. The van der Waals surface area contributed by atoms with Crippen LogP contribution in [0.4, 0.5) is 5.69 Å². The fourth-order valence-corrected chi connectivity index (χ4v) is 5.30. The first-order chi connectivity index (χ1) is 14.3. The molecule has 0 saturated heterocycles. The third kappa shape index (κ3) is 5.49. The fourth-order valence-electron chi connectivity index (χ4n) is 4.22. The minimum Gasteiger partial charge on any atom is -0.356 e. The molecule has 30 heavy (non-hydrogen) atoms. The first kappa shape index (κ1) is 22.5. The summed E-state index contributed by atoms with van der Waals surface area (Å²) in [5, 5.41) is 2.86. The maximum Gasteiger partial charge on any atom is 0.240 e. The summed E-state index contributed by atoms with van der Waals surface area (Å²) in [6, 6.07) is 4.82. The van der Waals surface area contributed by atoms with Crippen LogP contribution in [0.15, 0.2) is 34.7 Å². The first-order valence-corrected chi connectivity index (χ1v) is 12.1. The normalized spacial score (nSPS) is 18.7. The van der Waals surface area contributed by atoms with Gasteiger partial charge in [-0.25, -0.2) is 13.1 Å². The lowest BCUT2D eigenvalue weighted by molar-refractivity contribution is -0.121. The molecular weight excluding hydrogens is 402 g/mol. The summed E-state index contributed by atoms with van der Waals surface area (Å²) in [5.41, 5.74) is 3.01. The number of nitrogens with zero attached hydrogens (tertiary/aromatic N) is 1. The highest BCUT2D eigenvalue weighted by atomic mass is 32.2. The van der Waals surface area contributed by atoms with Crippen molar-refractivity contribution in [1.82, 2.24) is 10.0 Å². The van der Waals surface area contributed by atoms with E-state index in [1.165, 1.54) is 31.4 Å². The van der Waals surface area contributed by atoms with Crippen molar-refractivity contribution in [1.29, 1.82) is 0 Å². The van der Waals surface area contributed by atoms with Crippen LogP contribution in [0.2, 0.25) is 0 Å². The van der Waals surface area contributed by atoms with Gasteiger partial charge in [0.05, 0.1) is 4.90 Å². The number of allylic oxidation sites excluding steroid dienone is 1. The van der Waals surface area contributed by atoms with Gasteiger partial charge in [-0.1, -0.05) is 11.6 Å². The maximum absolute atomic E-state index is 12.6. The molecule has 3 rings (SSSR count). The summed E-state index contributed by atoms with van der Waals surface area (Å²) in [4.78, 5) is 25.7. The number of hydrogen-bond acceptors (Lipinski definition) is 4. The molecule has 1 aromatic rings. The van der Waals surface area contributed by atoms with Crippen LogP contribution in [0.1, 0.15) is 57.9 Å². The Morgan fingerprint density at radius 3 is 2.70 bits per heavy atom. The molecule has 2 aliphatic rings. The molecule has 0 spiro atoms. The van der Waals surface area contributed by atoms with Crippen molar-refractivity contribution < 1.29 is 18.0 Å². The van der Waals surface area contributed by atoms with Crippen molar-refractivity contribution in [2.45, 2.75) is 69.7 Å². The molecule has 1 unspecified atom stereocenters. The molecule has 1 heterocycles. The molecule has 2 N–H and O–H groups in total. The maximum atomic E-state index is 12.6. The van der Waals surface area contributed by atoms with Gasteiger partial charge < -0.3 is 10.2 Å². The summed E-state index contributed by atoms with van der Waals surface area (Å²) < 4.78 is 27.7. The van der Waals surface area contributed by atoms with Crippen LogP contribution in [0, 0.1) is 0 Å². The summed E-state index contributed by atoms with van der Waals surface area (Å²) >= 11 is 0. The van der Waals surface area contributed by atoms with Gasteiger partial charge in [-0.05, 0) is 69.2 Å². The molecule has 0 bridgehead atoms. The van der Waals surface area contributed by atoms with Gasteiger partial charge in [0, 0.05) is 38.2 Å². The summed E-state index contributed by atoms with van der Waals surface area (Å²) in [5.74, 6) is -0.213. The van der Waals surface area contributed by atoms with E-state index in [0.29, 0.717) is 13.0 Å². The van der Waals surface area contributed by atoms with Crippen LogP contribution in [0.5, 0.6) is 0 Å². The zero-order valence-electron chi connectivity index (χ0n) is 17.7. The summed E-state index contributed by atoms with van der Waals surface area (Å²) in [6.07, 6.45) is 8.54. The minimum absolute atomic E-state index is 0.0106. The number of fused-ring (bicyclic) bond motifs is 1.